The monoisotopic (exact) mass is 387 g/mol. The highest BCUT2D eigenvalue weighted by Crippen LogP contribution is 2.32. The number of hydrogen-bond donors (Lipinski definition) is 1. The van der Waals surface area contributed by atoms with E-state index in [-0.39, 0.29) is 0 Å². The van der Waals surface area contributed by atoms with Crippen molar-refractivity contribution in [2.45, 2.75) is 25.1 Å². The minimum atomic E-state index is -4.35. The molecule has 1 saturated heterocycles. The number of nitrogens with zero attached hydrogens (tertiary/aromatic N) is 2. The van der Waals surface area contributed by atoms with Gasteiger partial charge in [-0.05, 0) is 80.5 Å². The van der Waals surface area contributed by atoms with E-state index in [9.17, 15) is 13.2 Å². The lowest BCUT2D eigenvalue weighted by Gasteiger charge is -2.22. The Kier molecular flexibility index (Phi) is 5.09. The maximum atomic E-state index is 12.6. The molecule has 3 aromatic rings. The van der Waals surface area contributed by atoms with E-state index < -0.39 is 11.7 Å². The molecule has 0 saturated carbocycles. The molecule has 4 rings (SSSR count). The van der Waals surface area contributed by atoms with Crippen LogP contribution >= 0.6 is 0 Å². The fourth-order valence-corrected chi connectivity index (χ4v) is 3.31. The molecule has 1 aliphatic rings. The van der Waals surface area contributed by atoms with E-state index in [4.69, 9.17) is 9.84 Å². The average Bonchev–Trinajstić information content (AvgIpc) is 3.19. The van der Waals surface area contributed by atoms with Gasteiger partial charge in [-0.3, -0.25) is 4.68 Å². The van der Waals surface area contributed by atoms with Crippen molar-refractivity contribution < 1.29 is 17.9 Å². The van der Waals surface area contributed by atoms with Gasteiger partial charge >= 0.3 is 6.18 Å². The Hall–Kier alpha value is -2.80. The number of alkyl halides is 3. The van der Waals surface area contributed by atoms with Gasteiger partial charge in [-0.2, -0.15) is 18.3 Å². The summed E-state index contributed by atoms with van der Waals surface area (Å²) in [6.07, 6.45) is -0.197. The van der Waals surface area contributed by atoms with Crippen molar-refractivity contribution in [3.8, 4) is 22.8 Å². The highest BCUT2D eigenvalue weighted by molar-refractivity contribution is 5.59. The topological polar surface area (TPSA) is 39.1 Å². The Morgan fingerprint density at radius 2 is 1.50 bits per heavy atom. The molecule has 0 radical (unpaired) electrons. The summed E-state index contributed by atoms with van der Waals surface area (Å²) in [6, 6.07) is 14.4. The van der Waals surface area contributed by atoms with Crippen molar-refractivity contribution in [3.63, 3.8) is 0 Å². The van der Waals surface area contributed by atoms with E-state index in [0.29, 0.717) is 17.5 Å². The lowest BCUT2D eigenvalue weighted by Crippen LogP contribution is -2.29. The minimum absolute atomic E-state index is 0.357. The van der Waals surface area contributed by atoms with Crippen LogP contribution in [0.5, 0.6) is 11.5 Å². The number of piperidine rings is 1. The second-order valence-electron chi connectivity index (χ2n) is 6.81. The zero-order valence-corrected chi connectivity index (χ0v) is 15.1. The van der Waals surface area contributed by atoms with E-state index >= 15 is 0 Å². The van der Waals surface area contributed by atoms with Crippen molar-refractivity contribution in [3.05, 3.63) is 66.4 Å². The Bertz CT molecular complexity index is 911. The number of nitrogens with one attached hydrogen (secondary N) is 1. The summed E-state index contributed by atoms with van der Waals surface area (Å²) in [7, 11) is 0. The van der Waals surface area contributed by atoms with Gasteiger partial charge in [-0.1, -0.05) is 0 Å². The molecule has 2 aromatic carbocycles. The van der Waals surface area contributed by atoms with Gasteiger partial charge < -0.3 is 10.1 Å². The first-order valence-electron chi connectivity index (χ1n) is 9.20. The fraction of sp³-hybridized carbons (Fsp3) is 0.286. The zero-order chi connectivity index (χ0) is 19.6. The van der Waals surface area contributed by atoms with Crippen molar-refractivity contribution in [1.29, 1.82) is 0 Å². The lowest BCUT2D eigenvalue weighted by molar-refractivity contribution is -0.137. The van der Waals surface area contributed by atoms with Gasteiger partial charge in [0.15, 0.2) is 0 Å². The van der Waals surface area contributed by atoms with Crippen LogP contribution in [0.2, 0.25) is 0 Å². The third kappa shape index (κ3) is 4.20. The second kappa shape index (κ2) is 7.67. The van der Waals surface area contributed by atoms with Crippen LogP contribution in [0, 0.1) is 0 Å². The van der Waals surface area contributed by atoms with Crippen LogP contribution in [0.3, 0.4) is 0 Å². The largest absolute Gasteiger partial charge is 0.457 e. The van der Waals surface area contributed by atoms with Crippen LogP contribution in [0.15, 0.2) is 60.8 Å². The van der Waals surface area contributed by atoms with Crippen molar-refractivity contribution in [2.75, 3.05) is 13.1 Å². The molecular formula is C21H20F3N3O. The van der Waals surface area contributed by atoms with Crippen LogP contribution in [-0.4, -0.2) is 22.9 Å². The summed E-state index contributed by atoms with van der Waals surface area (Å²) in [5.41, 5.74) is 1.16. The Balaban J connectivity index is 1.43. The fourth-order valence-electron chi connectivity index (χ4n) is 3.31. The van der Waals surface area contributed by atoms with Crippen LogP contribution in [0.4, 0.5) is 13.2 Å². The Morgan fingerprint density at radius 1 is 0.893 bits per heavy atom. The Morgan fingerprint density at radius 3 is 2.11 bits per heavy atom. The summed E-state index contributed by atoms with van der Waals surface area (Å²) in [5, 5.41) is 8.04. The van der Waals surface area contributed by atoms with Gasteiger partial charge in [-0.15, -0.1) is 0 Å². The number of benzene rings is 2. The van der Waals surface area contributed by atoms with Gasteiger partial charge in [0.05, 0.1) is 17.3 Å². The van der Waals surface area contributed by atoms with E-state index in [1.807, 2.05) is 29.1 Å². The third-order valence-corrected chi connectivity index (χ3v) is 4.86. The van der Waals surface area contributed by atoms with E-state index in [1.54, 1.807) is 12.1 Å². The smallest absolute Gasteiger partial charge is 0.416 e. The van der Waals surface area contributed by atoms with Crippen LogP contribution in [0.1, 0.15) is 24.4 Å². The molecular weight excluding hydrogens is 367 g/mol. The molecule has 4 nitrogen and oxygen atoms in total. The van der Waals surface area contributed by atoms with E-state index in [0.717, 1.165) is 49.3 Å². The van der Waals surface area contributed by atoms with Crippen molar-refractivity contribution in [1.82, 2.24) is 15.1 Å². The summed E-state index contributed by atoms with van der Waals surface area (Å²) in [5.74, 6) is 0.914. The molecule has 7 heteroatoms. The van der Waals surface area contributed by atoms with E-state index in [2.05, 4.69) is 5.32 Å². The first-order valence-corrected chi connectivity index (χ1v) is 9.20. The quantitative estimate of drug-likeness (QED) is 0.662. The molecule has 0 unspecified atom stereocenters. The first-order chi connectivity index (χ1) is 13.5. The van der Waals surface area contributed by atoms with Crippen LogP contribution in [-0.2, 0) is 6.18 Å². The molecule has 2 heterocycles. The molecule has 28 heavy (non-hydrogen) atoms. The summed E-state index contributed by atoms with van der Waals surface area (Å²) in [4.78, 5) is 0. The minimum Gasteiger partial charge on any atom is -0.457 e. The third-order valence-electron chi connectivity index (χ3n) is 4.86. The second-order valence-corrected chi connectivity index (χ2v) is 6.81. The molecule has 1 aliphatic heterocycles. The molecule has 1 N–H and O–H groups in total. The molecule has 1 aromatic heterocycles. The normalized spacial score (nSPS) is 15.5. The molecule has 0 amide bonds. The molecule has 146 valence electrons. The molecule has 0 spiro atoms. The van der Waals surface area contributed by atoms with Gasteiger partial charge in [0, 0.05) is 11.8 Å². The highest BCUT2D eigenvalue weighted by atomic mass is 19.4. The number of aromatic nitrogens is 2. The van der Waals surface area contributed by atoms with Gasteiger partial charge in [-0.25, -0.2) is 0 Å². The Labute approximate surface area is 160 Å². The number of hydrogen-bond acceptors (Lipinski definition) is 3. The highest BCUT2D eigenvalue weighted by Gasteiger charge is 2.30. The molecule has 1 fully saturated rings. The predicted molar refractivity (Wildman–Crippen MR) is 100 cm³/mol. The van der Waals surface area contributed by atoms with Gasteiger partial charge in [0.2, 0.25) is 0 Å². The first kappa shape index (κ1) is 18.6. The van der Waals surface area contributed by atoms with E-state index in [1.165, 1.54) is 12.1 Å². The van der Waals surface area contributed by atoms with Crippen LogP contribution in [0.25, 0.3) is 11.3 Å². The molecule has 0 atom stereocenters. The van der Waals surface area contributed by atoms with Crippen molar-refractivity contribution in [2.24, 2.45) is 0 Å². The zero-order valence-electron chi connectivity index (χ0n) is 15.1. The summed E-state index contributed by atoms with van der Waals surface area (Å²) >= 11 is 0. The molecule has 0 bridgehead atoms. The predicted octanol–water partition coefficient (Wildman–Crippen LogP) is 5.29. The molecule has 0 aliphatic carbocycles. The SMILES string of the molecule is FC(F)(F)c1ccc(Oc2ccc(-c3ccn(C4CCNCC4)n3)cc2)cc1. The number of halogens is 3. The average molecular weight is 387 g/mol. The number of ether oxygens (including phenoxy) is 1. The number of rotatable bonds is 4. The van der Waals surface area contributed by atoms with Gasteiger partial charge in [0.25, 0.3) is 0 Å². The standard InChI is InChI=1S/C21H20F3N3O/c22-21(23,24)16-3-7-19(8-4-16)28-18-5-1-15(2-6-18)20-11-14-27(26-20)17-9-12-25-13-10-17/h1-8,11,14,17,25H,9-10,12-13H2. The lowest BCUT2D eigenvalue weighted by atomic mass is 10.1. The van der Waals surface area contributed by atoms with Crippen LogP contribution < -0.4 is 10.1 Å². The summed E-state index contributed by atoms with van der Waals surface area (Å²) in [6.45, 7) is 2.02. The summed E-state index contributed by atoms with van der Waals surface area (Å²) < 4.78 is 45.5. The maximum Gasteiger partial charge on any atom is 0.416 e. The van der Waals surface area contributed by atoms with Crippen molar-refractivity contribution >= 4 is 0 Å². The van der Waals surface area contributed by atoms with Gasteiger partial charge in [0.1, 0.15) is 11.5 Å². The maximum absolute atomic E-state index is 12.6.